The Morgan fingerprint density at radius 3 is 2.15 bits per heavy atom. The van der Waals surface area contributed by atoms with Gasteiger partial charge in [0.15, 0.2) is 0 Å². The SMILES string of the molecule is c1ccc(-n2c3ccccc3c3c4cc(N5CCC5)cc(-c5ccc(Nc6ccc7c(c6)oc6ccccc67)cc5)c4sc32)cc1. The van der Waals surface area contributed by atoms with Gasteiger partial charge in [-0.25, -0.2) is 0 Å². The number of para-hydroxylation sites is 3. The zero-order valence-corrected chi connectivity index (χ0v) is 25.9. The smallest absolute Gasteiger partial charge is 0.137 e. The molecule has 0 atom stereocenters. The van der Waals surface area contributed by atoms with Gasteiger partial charge in [0.1, 0.15) is 16.0 Å². The molecular weight excluding hydrogens is 583 g/mol. The number of hydrogen-bond donors (Lipinski definition) is 1. The minimum absolute atomic E-state index is 0.893. The number of furan rings is 1. The van der Waals surface area contributed by atoms with Crippen LogP contribution in [0.3, 0.4) is 0 Å². The van der Waals surface area contributed by atoms with Crippen LogP contribution in [-0.2, 0) is 0 Å². The molecule has 5 heteroatoms. The predicted octanol–water partition coefficient (Wildman–Crippen LogP) is 11.5. The fourth-order valence-electron chi connectivity index (χ4n) is 7.09. The van der Waals surface area contributed by atoms with Crippen molar-refractivity contribution in [3.05, 3.63) is 133 Å². The molecule has 1 saturated heterocycles. The molecular formula is C41H29N3OS. The number of fused-ring (bicyclic) bond motifs is 8. The topological polar surface area (TPSA) is 33.3 Å². The highest BCUT2D eigenvalue weighted by atomic mass is 32.1. The van der Waals surface area contributed by atoms with Crippen molar-refractivity contribution in [3.8, 4) is 16.8 Å². The van der Waals surface area contributed by atoms with Gasteiger partial charge in [0.2, 0.25) is 0 Å². The van der Waals surface area contributed by atoms with Gasteiger partial charge in [-0.3, -0.25) is 0 Å². The summed E-state index contributed by atoms with van der Waals surface area (Å²) in [6, 6.07) is 47.9. The lowest BCUT2D eigenvalue weighted by Crippen LogP contribution is -2.36. The second-order valence-electron chi connectivity index (χ2n) is 12.2. The molecule has 220 valence electrons. The maximum atomic E-state index is 6.13. The van der Waals surface area contributed by atoms with Gasteiger partial charge >= 0.3 is 0 Å². The number of nitrogens with one attached hydrogen (secondary N) is 1. The van der Waals surface area contributed by atoms with Crippen LogP contribution in [0.25, 0.3) is 70.0 Å². The summed E-state index contributed by atoms with van der Waals surface area (Å²) in [5, 5.41) is 9.88. The summed E-state index contributed by atoms with van der Waals surface area (Å²) in [6.07, 6.45) is 1.25. The van der Waals surface area contributed by atoms with Crippen molar-refractivity contribution in [2.45, 2.75) is 6.42 Å². The summed E-state index contributed by atoms with van der Waals surface area (Å²) in [7, 11) is 0. The molecule has 1 fully saturated rings. The first kappa shape index (κ1) is 25.8. The molecule has 9 aromatic rings. The van der Waals surface area contributed by atoms with E-state index in [0.29, 0.717) is 0 Å². The van der Waals surface area contributed by atoms with Gasteiger partial charge in [0.05, 0.1) is 5.52 Å². The van der Waals surface area contributed by atoms with Gasteiger partial charge in [-0.15, -0.1) is 11.3 Å². The first-order chi connectivity index (χ1) is 22.8. The third-order valence-electron chi connectivity index (χ3n) is 9.47. The Morgan fingerprint density at radius 2 is 1.33 bits per heavy atom. The summed E-state index contributed by atoms with van der Waals surface area (Å²) in [6.45, 7) is 2.23. The minimum atomic E-state index is 0.893. The van der Waals surface area contributed by atoms with E-state index < -0.39 is 0 Å². The van der Waals surface area contributed by atoms with Crippen LogP contribution in [-0.4, -0.2) is 17.7 Å². The molecule has 3 aromatic heterocycles. The first-order valence-corrected chi connectivity index (χ1v) is 16.7. The molecule has 10 rings (SSSR count). The number of hydrogen-bond acceptors (Lipinski definition) is 4. The molecule has 4 heterocycles. The summed E-state index contributed by atoms with van der Waals surface area (Å²) >= 11 is 1.90. The van der Waals surface area contributed by atoms with Crippen LogP contribution in [0.2, 0.25) is 0 Å². The molecule has 4 nitrogen and oxygen atoms in total. The van der Waals surface area contributed by atoms with E-state index in [1.54, 1.807) is 0 Å². The van der Waals surface area contributed by atoms with Crippen molar-refractivity contribution in [1.29, 1.82) is 0 Å². The van der Waals surface area contributed by atoms with Crippen LogP contribution in [0.1, 0.15) is 6.42 Å². The summed E-state index contributed by atoms with van der Waals surface area (Å²) in [5.41, 5.74) is 10.1. The van der Waals surface area contributed by atoms with E-state index in [1.807, 2.05) is 23.5 Å². The van der Waals surface area contributed by atoms with Crippen molar-refractivity contribution in [2.75, 3.05) is 23.3 Å². The van der Waals surface area contributed by atoms with Gasteiger partial charge in [-0.05, 0) is 72.6 Å². The Morgan fingerprint density at radius 1 is 0.587 bits per heavy atom. The summed E-state index contributed by atoms with van der Waals surface area (Å²) < 4.78 is 9.90. The van der Waals surface area contributed by atoms with Crippen LogP contribution in [0.4, 0.5) is 17.1 Å². The molecule has 0 amide bonds. The fraction of sp³-hybridized carbons (Fsp3) is 0.0732. The van der Waals surface area contributed by atoms with Gasteiger partial charge in [0, 0.05) is 79.1 Å². The van der Waals surface area contributed by atoms with Crippen molar-refractivity contribution < 1.29 is 4.42 Å². The Bertz CT molecular complexity index is 2590. The number of thiophene rings is 1. The third-order valence-corrected chi connectivity index (χ3v) is 10.7. The standard InChI is InChI=1S/C41H29N3OS/c1-2-9-29(10-3-1)44-36-13-6-4-12-33(36)39-35-25-30(43-21-8-22-43)24-34(40(35)46-41(39)44)26-15-17-27(18-16-26)42-28-19-20-32-31-11-5-7-14-37(31)45-38(32)23-28/h1-7,9-20,23-25,42H,8,21-22H2. The quantitative estimate of drug-likeness (QED) is 0.210. The number of nitrogens with zero attached hydrogens (tertiary/aromatic N) is 2. The molecule has 0 spiro atoms. The molecule has 1 N–H and O–H groups in total. The fourth-order valence-corrected chi connectivity index (χ4v) is 8.46. The molecule has 0 unspecified atom stereocenters. The lowest BCUT2D eigenvalue weighted by molar-refractivity contribution is 0.618. The average Bonchev–Trinajstić information content (AvgIpc) is 3.73. The maximum Gasteiger partial charge on any atom is 0.137 e. The van der Waals surface area contributed by atoms with Gasteiger partial charge in [-0.2, -0.15) is 0 Å². The average molecular weight is 612 g/mol. The monoisotopic (exact) mass is 611 g/mol. The zero-order chi connectivity index (χ0) is 30.2. The molecule has 1 aliphatic heterocycles. The highest BCUT2D eigenvalue weighted by molar-refractivity contribution is 7.26. The van der Waals surface area contributed by atoms with E-state index in [1.165, 1.54) is 60.1 Å². The van der Waals surface area contributed by atoms with Crippen LogP contribution < -0.4 is 10.2 Å². The van der Waals surface area contributed by atoms with Gasteiger partial charge in [-0.1, -0.05) is 66.7 Å². The van der Waals surface area contributed by atoms with E-state index in [9.17, 15) is 0 Å². The first-order valence-electron chi connectivity index (χ1n) is 15.9. The largest absolute Gasteiger partial charge is 0.456 e. The Hall–Kier alpha value is -5.52. The van der Waals surface area contributed by atoms with Crippen molar-refractivity contribution in [1.82, 2.24) is 4.57 Å². The normalized spacial score (nSPS) is 13.3. The Balaban J connectivity index is 1.10. The van der Waals surface area contributed by atoms with Crippen molar-refractivity contribution >= 4 is 81.5 Å². The van der Waals surface area contributed by atoms with Crippen LogP contribution in [0.15, 0.2) is 138 Å². The van der Waals surface area contributed by atoms with E-state index in [2.05, 4.69) is 136 Å². The van der Waals surface area contributed by atoms with E-state index in [0.717, 1.165) is 46.4 Å². The molecule has 0 saturated carbocycles. The lowest BCUT2D eigenvalue weighted by atomic mass is 9.99. The third kappa shape index (κ3) is 3.92. The van der Waals surface area contributed by atoms with Crippen LogP contribution in [0.5, 0.6) is 0 Å². The molecule has 0 bridgehead atoms. The van der Waals surface area contributed by atoms with Crippen LogP contribution >= 0.6 is 11.3 Å². The number of benzene rings is 6. The van der Waals surface area contributed by atoms with E-state index in [4.69, 9.17) is 4.42 Å². The highest BCUT2D eigenvalue weighted by Gasteiger charge is 2.23. The van der Waals surface area contributed by atoms with Crippen molar-refractivity contribution in [3.63, 3.8) is 0 Å². The second kappa shape index (κ2) is 9.99. The lowest BCUT2D eigenvalue weighted by Gasteiger charge is -2.33. The molecule has 6 aromatic carbocycles. The molecule has 1 aliphatic rings. The maximum absolute atomic E-state index is 6.13. The number of anilines is 3. The van der Waals surface area contributed by atoms with E-state index in [-0.39, 0.29) is 0 Å². The predicted molar refractivity (Wildman–Crippen MR) is 195 cm³/mol. The van der Waals surface area contributed by atoms with Crippen molar-refractivity contribution in [2.24, 2.45) is 0 Å². The summed E-state index contributed by atoms with van der Waals surface area (Å²) in [5.74, 6) is 0. The molecule has 46 heavy (non-hydrogen) atoms. The van der Waals surface area contributed by atoms with Gasteiger partial charge in [0.25, 0.3) is 0 Å². The molecule has 0 radical (unpaired) electrons. The highest BCUT2D eigenvalue weighted by Crippen LogP contribution is 2.47. The number of aromatic nitrogens is 1. The Labute approximate surface area is 269 Å². The summed E-state index contributed by atoms with van der Waals surface area (Å²) in [4.78, 5) is 3.80. The zero-order valence-electron chi connectivity index (χ0n) is 25.0. The Kier molecular flexibility index (Phi) is 5.60. The second-order valence-corrected chi connectivity index (χ2v) is 13.2. The van der Waals surface area contributed by atoms with Crippen LogP contribution in [0, 0.1) is 0 Å². The van der Waals surface area contributed by atoms with E-state index >= 15 is 0 Å². The number of rotatable bonds is 5. The minimum Gasteiger partial charge on any atom is -0.456 e. The molecule has 0 aliphatic carbocycles. The van der Waals surface area contributed by atoms with Gasteiger partial charge < -0.3 is 19.2 Å².